The van der Waals surface area contributed by atoms with Crippen LogP contribution in [-0.4, -0.2) is 19.0 Å². The molecule has 0 fully saturated rings. The van der Waals surface area contributed by atoms with Crippen molar-refractivity contribution >= 4 is 11.6 Å². The van der Waals surface area contributed by atoms with Gasteiger partial charge < -0.3 is 14.6 Å². The van der Waals surface area contributed by atoms with Crippen LogP contribution in [0.3, 0.4) is 0 Å². The van der Waals surface area contributed by atoms with E-state index in [1.54, 1.807) is 6.26 Å². The quantitative estimate of drug-likeness (QED) is 0.887. The van der Waals surface area contributed by atoms with Crippen LogP contribution >= 0.6 is 0 Å². The summed E-state index contributed by atoms with van der Waals surface area (Å²) in [4.78, 5) is 14.1. The predicted molar refractivity (Wildman–Crippen MR) is 84.4 cm³/mol. The average molecular weight is 286 g/mol. The summed E-state index contributed by atoms with van der Waals surface area (Å²) in [5.74, 6) is 0.755. The van der Waals surface area contributed by atoms with Crippen molar-refractivity contribution in [3.63, 3.8) is 0 Å². The molecule has 0 atom stereocenters. The molecule has 0 saturated heterocycles. The Morgan fingerprint density at radius 1 is 1.24 bits per heavy atom. The molecule has 2 aromatic rings. The van der Waals surface area contributed by atoms with E-state index in [0.29, 0.717) is 13.1 Å². The Morgan fingerprint density at radius 2 is 1.95 bits per heavy atom. The zero-order valence-electron chi connectivity index (χ0n) is 12.8. The van der Waals surface area contributed by atoms with Crippen molar-refractivity contribution in [2.24, 2.45) is 0 Å². The number of carbonyl (C=O) groups excluding carboxylic acids is 1. The van der Waals surface area contributed by atoms with Gasteiger partial charge in [-0.15, -0.1) is 0 Å². The van der Waals surface area contributed by atoms with Crippen LogP contribution in [0.25, 0.3) is 0 Å². The highest BCUT2D eigenvalue weighted by atomic mass is 16.3. The summed E-state index contributed by atoms with van der Waals surface area (Å²) < 4.78 is 5.20. The first-order chi connectivity index (χ1) is 10.1. The molecule has 2 rings (SSSR count). The van der Waals surface area contributed by atoms with Crippen molar-refractivity contribution in [2.75, 3.05) is 18.0 Å². The molecule has 0 unspecified atom stereocenters. The Balaban J connectivity index is 1.96. The van der Waals surface area contributed by atoms with Crippen LogP contribution in [0.2, 0.25) is 0 Å². The number of hydrogen-bond donors (Lipinski definition) is 1. The van der Waals surface area contributed by atoms with Gasteiger partial charge in [0, 0.05) is 12.2 Å². The number of aryl methyl sites for hydroxylation is 2. The van der Waals surface area contributed by atoms with Crippen LogP contribution in [0.5, 0.6) is 0 Å². The van der Waals surface area contributed by atoms with Gasteiger partial charge in [-0.3, -0.25) is 4.79 Å². The summed E-state index contributed by atoms with van der Waals surface area (Å²) in [5.41, 5.74) is 3.50. The molecule has 0 radical (unpaired) electrons. The third-order valence-corrected chi connectivity index (χ3v) is 3.33. The standard InChI is InChI=1S/C17H22N2O2/c1-4-19(15-9-13(2)8-14(3)10-15)12-17(20)18-11-16-6-5-7-21-16/h5-10H,4,11-12H2,1-3H3,(H,18,20). The summed E-state index contributed by atoms with van der Waals surface area (Å²) in [5, 5.41) is 2.87. The second kappa shape index (κ2) is 6.97. The molecule has 4 heteroatoms. The number of nitrogens with zero attached hydrogens (tertiary/aromatic N) is 1. The second-order valence-electron chi connectivity index (χ2n) is 5.22. The minimum absolute atomic E-state index is 0.00703. The molecule has 0 aliphatic rings. The smallest absolute Gasteiger partial charge is 0.239 e. The summed E-state index contributed by atoms with van der Waals surface area (Å²) in [6.45, 7) is 7.76. The molecule has 0 aliphatic carbocycles. The lowest BCUT2D eigenvalue weighted by atomic mass is 10.1. The Morgan fingerprint density at radius 3 is 2.52 bits per heavy atom. The van der Waals surface area contributed by atoms with Gasteiger partial charge in [0.25, 0.3) is 0 Å². The van der Waals surface area contributed by atoms with Crippen molar-refractivity contribution in [1.82, 2.24) is 5.32 Å². The lowest BCUT2D eigenvalue weighted by Gasteiger charge is -2.23. The van der Waals surface area contributed by atoms with E-state index in [1.165, 1.54) is 11.1 Å². The maximum atomic E-state index is 12.1. The molecule has 1 aromatic carbocycles. The average Bonchev–Trinajstić information content (AvgIpc) is 2.94. The van der Waals surface area contributed by atoms with Crippen molar-refractivity contribution in [3.8, 4) is 0 Å². The van der Waals surface area contributed by atoms with Crippen LogP contribution in [0.4, 0.5) is 5.69 Å². The first kappa shape index (κ1) is 15.2. The van der Waals surface area contributed by atoms with E-state index >= 15 is 0 Å². The fourth-order valence-electron chi connectivity index (χ4n) is 2.35. The summed E-state index contributed by atoms with van der Waals surface area (Å²) in [7, 11) is 0. The lowest BCUT2D eigenvalue weighted by Crippen LogP contribution is -2.37. The third-order valence-electron chi connectivity index (χ3n) is 3.33. The first-order valence-corrected chi connectivity index (χ1v) is 7.21. The minimum atomic E-state index is -0.00703. The molecule has 0 aliphatic heterocycles. The fourth-order valence-corrected chi connectivity index (χ4v) is 2.35. The number of benzene rings is 1. The number of furan rings is 1. The SMILES string of the molecule is CCN(CC(=O)NCc1ccco1)c1cc(C)cc(C)c1. The van der Waals surface area contributed by atoms with Crippen LogP contribution in [0.1, 0.15) is 23.8 Å². The number of likely N-dealkylation sites (N-methyl/N-ethyl adjacent to an activating group) is 1. The summed E-state index contributed by atoms with van der Waals surface area (Å²) in [6, 6.07) is 10.0. The monoisotopic (exact) mass is 286 g/mol. The molecule has 0 bridgehead atoms. The molecular weight excluding hydrogens is 264 g/mol. The van der Waals surface area contributed by atoms with E-state index in [9.17, 15) is 4.79 Å². The number of carbonyl (C=O) groups is 1. The second-order valence-corrected chi connectivity index (χ2v) is 5.22. The Labute approximate surface area is 125 Å². The number of nitrogens with one attached hydrogen (secondary N) is 1. The van der Waals surface area contributed by atoms with Gasteiger partial charge in [-0.05, 0) is 56.2 Å². The molecule has 112 valence electrons. The molecular formula is C17H22N2O2. The summed E-state index contributed by atoms with van der Waals surface area (Å²) in [6.07, 6.45) is 1.61. The molecule has 1 N–H and O–H groups in total. The highest BCUT2D eigenvalue weighted by Crippen LogP contribution is 2.18. The van der Waals surface area contributed by atoms with E-state index in [-0.39, 0.29) is 5.91 Å². The largest absolute Gasteiger partial charge is 0.467 e. The first-order valence-electron chi connectivity index (χ1n) is 7.21. The topological polar surface area (TPSA) is 45.5 Å². The van der Waals surface area contributed by atoms with Crippen LogP contribution in [0.15, 0.2) is 41.0 Å². The van der Waals surface area contributed by atoms with Gasteiger partial charge in [0.2, 0.25) is 5.91 Å². The van der Waals surface area contributed by atoms with Gasteiger partial charge in [-0.25, -0.2) is 0 Å². The molecule has 1 heterocycles. The normalized spacial score (nSPS) is 10.4. The van der Waals surface area contributed by atoms with Crippen molar-refractivity contribution < 1.29 is 9.21 Å². The minimum Gasteiger partial charge on any atom is -0.467 e. The van der Waals surface area contributed by atoms with E-state index in [2.05, 4.69) is 49.2 Å². The zero-order valence-corrected chi connectivity index (χ0v) is 12.8. The number of anilines is 1. The van der Waals surface area contributed by atoms with Gasteiger partial charge >= 0.3 is 0 Å². The van der Waals surface area contributed by atoms with E-state index in [0.717, 1.165) is 18.0 Å². The molecule has 21 heavy (non-hydrogen) atoms. The van der Waals surface area contributed by atoms with Crippen LogP contribution in [-0.2, 0) is 11.3 Å². The predicted octanol–water partition coefficient (Wildman–Crippen LogP) is 3.04. The third kappa shape index (κ3) is 4.38. The van der Waals surface area contributed by atoms with Crippen LogP contribution < -0.4 is 10.2 Å². The Hall–Kier alpha value is -2.23. The highest BCUT2D eigenvalue weighted by Gasteiger charge is 2.11. The van der Waals surface area contributed by atoms with Gasteiger partial charge in [-0.2, -0.15) is 0 Å². The molecule has 0 spiro atoms. The number of rotatable bonds is 6. The molecule has 1 amide bonds. The van der Waals surface area contributed by atoms with Crippen LogP contribution in [0, 0.1) is 13.8 Å². The maximum absolute atomic E-state index is 12.1. The molecule has 1 aromatic heterocycles. The van der Waals surface area contributed by atoms with Crippen molar-refractivity contribution in [1.29, 1.82) is 0 Å². The number of amides is 1. The maximum Gasteiger partial charge on any atom is 0.239 e. The van der Waals surface area contributed by atoms with E-state index in [4.69, 9.17) is 4.42 Å². The van der Waals surface area contributed by atoms with Gasteiger partial charge in [0.05, 0.1) is 19.4 Å². The molecule has 0 saturated carbocycles. The van der Waals surface area contributed by atoms with E-state index < -0.39 is 0 Å². The van der Waals surface area contributed by atoms with E-state index in [1.807, 2.05) is 12.1 Å². The Bertz CT molecular complexity index is 571. The van der Waals surface area contributed by atoms with Gasteiger partial charge in [-0.1, -0.05) is 6.07 Å². The van der Waals surface area contributed by atoms with Crippen molar-refractivity contribution in [3.05, 3.63) is 53.5 Å². The number of hydrogen-bond acceptors (Lipinski definition) is 3. The fraction of sp³-hybridized carbons (Fsp3) is 0.353. The van der Waals surface area contributed by atoms with Gasteiger partial charge in [0.15, 0.2) is 0 Å². The Kier molecular flexibility index (Phi) is 5.04. The zero-order chi connectivity index (χ0) is 15.2. The highest BCUT2D eigenvalue weighted by molar-refractivity contribution is 5.81. The lowest BCUT2D eigenvalue weighted by molar-refractivity contribution is -0.120. The van der Waals surface area contributed by atoms with Gasteiger partial charge in [0.1, 0.15) is 5.76 Å². The van der Waals surface area contributed by atoms with Crippen molar-refractivity contribution in [2.45, 2.75) is 27.3 Å². The molecule has 4 nitrogen and oxygen atoms in total. The summed E-state index contributed by atoms with van der Waals surface area (Å²) >= 11 is 0.